The summed E-state index contributed by atoms with van der Waals surface area (Å²) in [6.45, 7) is 6.13. The second-order valence-corrected chi connectivity index (χ2v) is 8.43. The summed E-state index contributed by atoms with van der Waals surface area (Å²) in [6.07, 6.45) is 1.98. The minimum atomic E-state index is -3.14. The largest absolute Gasteiger partial charge is 0.333 e. The standard InChI is InChI=1S/C18H28NO5P/c1-4-23-25(21,24-5-2)18-12-11-17(13-18)19(15(3)20)22-14-16-9-7-6-8-10-16/h6-10,17-18H,4-5,11-14H2,1-3H3. The molecule has 140 valence electrons. The lowest BCUT2D eigenvalue weighted by Gasteiger charge is -2.28. The quantitative estimate of drug-likeness (QED) is 0.483. The molecule has 1 saturated carbocycles. The fraction of sp³-hybridized carbons (Fsp3) is 0.611. The molecule has 0 N–H and O–H groups in total. The average Bonchev–Trinajstić information content (AvgIpc) is 3.07. The third kappa shape index (κ3) is 5.38. The first-order valence-corrected chi connectivity index (χ1v) is 10.5. The highest BCUT2D eigenvalue weighted by atomic mass is 31.2. The molecule has 1 aliphatic carbocycles. The van der Waals surface area contributed by atoms with E-state index in [0.29, 0.717) is 32.7 Å². The van der Waals surface area contributed by atoms with Crippen molar-refractivity contribution in [2.75, 3.05) is 13.2 Å². The zero-order chi connectivity index (χ0) is 18.3. The van der Waals surface area contributed by atoms with Gasteiger partial charge in [-0.1, -0.05) is 30.3 Å². The van der Waals surface area contributed by atoms with Gasteiger partial charge in [0.05, 0.1) is 24.9 Å². The van der Waals surface area contributed by atoms with E-state index in [1.165, 1.54) is 12.0 Å². The number of carbonyl (C=O) groups is 1. The van der Waals surface area contributed by atoms with Gasteiger partial charge >= 0.3 is 7.60 Å². The normalized spacial score (nSPS) is 20.6. The number of hydrogen-bond acceptors (Lipinski definition) is 5. The number of rotatable bonds is 9. The Labute approximate surface area is 149 Å². The van der Waals surface area contributed by atoms with Crippen molar-refractivity contribution in [2.45, 2.75) is 58.3 Å². The van der Waals surface area contributed by atoms with Crippen LogP contribution in [0.4, 0.5) is 0 Å². The van der Waals surface area contributed by atoms with E-state index in [1.54, 1.807) is 0 Å². The maximum absolute atomic E-state index is 12.9. The van der Waals surface area contributed by atoms with Crippen molar-refractivity contribution in [2.24, 2.45) is 0 Å². The Morgan fingerprint density at radius 1 is 1.16 bits per heavy atom. The van der Waals surface area contributed by atoms with Gasteiger partial charge in [0.2, 0.25) is 5.91 Å². The zero-order valence-corrected chi connectivity index (χ0v) is 16.1. The van der Waals surface area contributed by atoms with E-state index < -0.39 is 7.60 Å². The van der Waals surface area contributed by atoms with Gasteiger partial charge in [0.1, 0.15) is 6.61 Å². The van der Waals surface area contributed by atoms with Crippen molar-refractivity contribution in [1.82, 2.24) is 5.06 Å². The van der Waals surface area contributed by atoms with E-state index in [4.69, 9.17) is 13.9 Å². The number of benzene rings is 1. The molecule has 1 fully saturated rings. The van der Waals surface area contributed by atoms with Crippen LogP contribution >= 0.6 is 7.60 Å². The summed E-state index contributed by atoms with van der Waals surface area (Å²) in [7, 11) is -3.14. The zero-order valence-electron chi connectivity index (χ0n) is 15.2. The van der Waals surface area contributed by atoms with Crippen LogP contribution in [0.15, 0.2) is 30.3 Å². The molecule has 0 heterocycles. The number of amides is 1. The molecule has 2 atom stereocenters. The molecule has 25 heavy (non-hydrogen) atoms. The highest BCUT2D eigenvalue weighted by Crippen LogP contribution is 2.58. The molecule has 6 nitrogen and oxygen atoms in total. The Morgan fingerprint density at radius 2 is 1.80 bits per heavy atom. The summed E-state index contributed by atoms with van der Waals surface area (Å²) in [4.78, 5) is 17.8. The Bertz CT molecular complexity index is 584. The third-order valence-electron chi connectivity index (χ3n) is 4.30. The summed E-state index contributed by atoms with van der Waals surface area (Å²) in [5.41, 5.74) is 0.803. The van der Waals surface area contributed by atoms with E-state index in [1.807, 2.05) is 44.2 Å². The van der Waals surface area contributed by atoms with Gasteiger partial charge in [0, 0.05) is 6.92 Å². The highest BCUT2D eigenvalue weighted by molar-refractivity contribution is 7.54. The molecule has 7 heteroatoms. The molecule has 1 aromatic carbocycles. The SMILES string of the molecule is CCOP(=O)(OCC)C1CCC(N(OCc2ccccc2)C(C)=O)C1. The Hall–Kier alpha value is -1.20. The molecule has 2 rings (SSSR count). The number of nitrogens with zero attached hydrogens (tertiary/aromatic N) is 1. The lowest BCUT2D eigenvalue weighted by Crippen LogP contribution is -2.37. The minimum Gasteiger partial charge on any atom is -0.309 e. The first kappa shape index (κ1) is 20.1. The van der Waals surface area contributed by atoms with E-state index >= 15 is 0 Å². The van der Waals surface area contributed by atoms with Crippen LogP contribution < -0.4 is 0 Å². The van der Waals surface area contributed by atoms with Crippen LogP contribution in [-0.4, -0.2) is 35.9 Å². The van der Waals surface area contributed by atoms with Crippen LogP contribution in [0.5, 0.6) is 0 Å². The van der Waals surface area contributed by atoms with Crippen LogP contribution in [0.2, 0.25) is 0 Å². The van der Waals surface area contributed by atoms with Crippen LogP contribution in [0, 0.1) is 0 Å². The van der Waals surface area contributed by atoms with E-state index in [2.05, 4.69) is 0 Å². The fourth-order valence-electron chi connectivity index (χ4n) is 3.21. The van der Waals surface area contributed by atoms with Crippen molar-refractivity contribution >= 4 is 13.5 Å². The van der Waals surface area contributed by atoms with Gasteiger partial charge in [-0.15, -0.1) is 0 Å². The van der Waals surface area contributed by atoms with Gasteiger partial charge in [-0.25, -0.2) is 5.06 Å². The van der Waals surface area contributed by atoms with Gasteiger partial charge in [-0.2, -0.15) is 0 Å². The Morgan fingerprint density at radius 3 is 2.36 bits per heavy atom. The van der Waals surface area contributed by atoms with Gasteiger partial charge in [0.15, 0.2) is 0 Å². The van der Waals surface area contributed by atoms with Crippen LogP contribution in [0.25, 0.3) is 0 Å². The van der Waals surface area contributed by atoms with E-state index in [9.17, 15) is 9.36 Å². The van der Waals surface area contributed by atoms with Crippen molar-refractivity contribution in [3.8, 4) is 0 Å². The second kappa shape index (κ2) is 9.48. The first-order valence-electron chi connectivity index (χ1n) is 8.85. The first-order chi connectivity index (χ1) is 12.0. The lowest BCUT2D eigenvalue weighted by molar-refractivity contribution is -0.203. The van der Waals surface area contributed by atoms with Crippen molar-refractivity contribution in [3.05, 3.63) is 35.9 Å². The lowest BCUT2D eigenvalue weighted by atomic mass is 10.2. The summed E-state index contributed by atoms with van der Waals surface area (Å²) >= 11 is 0. The molecular weight excluding hydrogens is 341 g/mol. The topological polar surface area (TPSA) is 65.1 Å². The van der Waals surface area contributed by atoms with Crippen molar-refractivity contribution in [3.63, 3.8) is 0 Å². The van der Waals surface area contributed by atoms with Crippen LogP contribution in [0.3, 0.4) is 0 Å². The third-order valence-corrected chi connectivity index (χ3v) is 6.90. The predicted molar refractivity (Wildman–Crippen MR) is 96.0 cm³/mol. The molecule has 0 bridgehead atoms. The molecule has 1 aliphatic rings. The summed E-state index contributed by atoms with van der Waals surface area (Å²) < 4.78 is 23.9. The predicted octanol–water partition coefficient (Wildman–Crippen LogP) is 4.15. The van der Waals surface area contributed by atoms with Gasteiger partial charge in [0.25, 0.3) is 0 Å². The summed E-state index contributed by atoms with van der Waals surface area (Å²) in [6, 6.07) is 9.60. The maximum atomic E-state index is 12.9. The molecule has 0 saturated heterocycles. The van der Waals surface area contributed by atoms with Crippen LogP contribution in [0.1, 0.15) is 45.6 Å². The molecule has 1 aromatic rings. The Kier molecular flexibility index (Phi) is 7.63. The molecule has 2 unspecified atom stereocenters. The monoisotopic (exact) mass is 369 g/mol. The van der Waals surface area contributed by atoms with Gasteiger partial charge < -0.3 is 9.05 Å². The number of carbonyl (C=O) groups excluding carboxylic acids is 1. The van der Waals surface area contributed by atoms with Crippen molar-refractivity contribution < 1.29 is 23.2 Å². The molecular formula is C18H28NO5P. The number of hydroxylamine groups is 2. The molecule has 0 spiro atoms. The summed E-state index contributed by atoms with van der Waals surface area (Å²) in [5, 5.41) is 1.43. The van der Waals surface area contributed by atoms with Gasteiger partial charge in [-0.05, 0) is 38.7 Å². The molecule has 0 radical (unpaired) electrons. The van der Waals surface area contributed by atoms with Crippen molar-refractivity contribution in [1.29, 1.82) is 0 Å². The number of hydrogen-bond donors (Lipinski definition) is 0. The fourth-order valence-corrected chi connectivity index (χ4v) is 5.40. The average molecular weight is 369 g/mol. The van der Waals surface area contributed by atoms with E-state index in [-0.39, 0.29) is 17.6 Å². The molecule has 1 amide bonds. The van der Waals surface area contributed by atoms with Gasteiger partial charge in [-0.3, -0.25) is 14.2 Å². The van der Waals surface area contributed by atoms with Crippen LogP contribution in [-0.2, 0) is 29.9 Å². The molecule has 0 aromatic heterocycles. The Balaban J connectivity index is 2.00. The second-order valence-electron chi connectivity index (χ2n) is 6.10. The summed E-state index contributed by atoms with van der Waals surface area (Å²) in [5.74, 6) is -0.149. The minimum absolute atomic E-state index is 0.111. The maximum Gasteiger partial charge on any atom is 0.333 e. The molecule has 0 aliphatic heterocycles. The van der Waals surface area contributed by atoms with E-state index in [0.717, 1.165) is 12.0 Å². The highest BCUT2D eigenvalue weighted by Gasteiger charge is 2.43. The smallest absolute Gasteiger partial charge is 0.309 e.